The lowest BCUT2D eigenvalue weighted by molar-refractivity contribution is -0.0487. The van der Waals surface area contributed by atoms with Crippen molar-refractivity contribution in [1.82, 2.24) is 16.0 Å². The summed E-state index contributed by atoms with van der Waals surface area (Å²) in [6.07, 6.45) is 3.97. The van der Waals surface area contributed by atoms with Crippen LogP contribution in [0, 0.1) is 20.8 Å². The molecule has 0 saturated carbocycles. The molecule has 0 amide bonds. The largest absolute Gasteiger partial charge is 0.409 e. The van der Waals surface area contributed by atoms with Crippen LogP contribution in [0.2, 0.25) is 0 Å². The summed E-state index contributed by atoms with van der Waals surface area (Å²) in [4.78, 5) is 18.6. The number of benzene rings is 5. The molecular formula is C44H53N3O3. The maximum Gasteiger partial charge on any atom is 0.147 e. The second kappa shape index (κ2) is 19.0. The van der Waals surface area contributed by atoms with Crippen LogP contribution in [-0.2, 0) is 12.8 Å². The highest BCUT2D eigenvalue weighted by atomic mass is 16.7. The van der Waals surface area contributed by atoms with Gasteiger partial charge in [-0.25, -0.2) is 0 Å². The lowest BCUT2D eigenvalue weighted by Crippen LogP contribution is -2.26. The van der Waals surface area contributed by atoms with Gasteiger partial charge < -0.3 is 14.5 Å². The van der Waals surface area contributed by atoms with Crippen LogP contribution in [0.15, 0.2) is 115 Å². The number of nitrogens with one attached hydrogen (secondary N) is 2. The molecule has 0 aliphatic rings. The van der Waals surface area contributed by atoms with Crippen LogP contribution in [-0.4, -0.2) is 31.2 Å². The van der Waals surface area contributed by atoms with Gasteiger partial charge in [0.05, 0.1) is 0 Å². The second-order valence-corrected chi connectivity index (χ2v) is 12.9. The van der Waals surface area contributed by atoms with Crippen LogP contribution in [0.4, 0.5) is 0 Å². The van der Waals surface area contributed by atoms with E-state index in [0.717, 1.165) is 69.1 Å². The fraction of sp³-hybridized carbons (Fsp3) is 0.318. The third kappa shape index (κ3) is 10.4. The van der Waals surface area contributed by atoms with Crippen LogP contribution in [0.25, 0.3) is 0 Å². The number of hydroxylamine groups is 4. The Hall–Kier alpha value is -4.62. The van der Waals surface area contributed by atoms with Crippen molar-refractivity contribution in [3.8, 4) is 17.2 Å². The maximum absolute atomic E-state index is 6.32. The molecule has 6 nitrogen and oxygen atoms in total. The molecule has 2 N–H and O–H groups in total. The van der Waals surface area contributed by atoms with Crippen molar-refractivity contribution in [3.05, 3.63) is 160 Å². The molecule has 6 heteroatoms. The third-order valence-corrected chi connectivity index (χ3v) is 9.18. The lowest BCUT2D eigenvalue weighted by Gasteiger charge is -2.26. The van der Waals surface area contributed by atoms with Crippen molar-refractivity contribution in [2.75, 3.05) is 26.2 Å². The monoisotopic (exact) mass is 671 g/mol. The van der Waals surface area contributed by atoms with E-state index in [4.69, 9.17) is 14.5 Å². The smallest absolute Gasteiger partial charge is 0.147 e. The Labute approximate surface area is 299 Å². The molecule has 0 spiro atoms. The van der Waals surface area contributed by atoms with E-state index in [0.29, 0.717) is 0 Å². The Morgan fingerprint density at radius 1 is 0.520 bits per heavy atom. The molecular weight excluding hydrogens is 619 g/mol. The van der Waals surface area contributed by atoms with E-state index in [-0.39, 0.29) is 5.92 Å². The summed E-state index contributed by atoms with van der Waals surface area (Å²) in [7, 11) is 0. The summed E-state index contributed by atoms with van der Waals surface area (Å²) >= 11 is 0. The van der Waals surface area contributed by atoms with Gasteiger partial charge in [0.25, 0.3) is 0 Å². The molecule has 0 fully saturated rings. The molecule has 5 aromatic carbocycles. The molecule has 5 aromatic rings. The van der Waals surface area contributed by atoms with Gasteiger partial charge in [-0.2, -0.15) is 11.0 Å². The summed E-state index contributed by atoms with van der Waals surface area (Å²) in [5.74, 6) is 2.32. The molecule has 0 aromatic heterocycles. The first-order valence-electron chi connectivity index (χ1n) is 18.1. The number of aryl methyl sites for hydroxylation is 5. The Kier molecular flexibility index (Phi) is 13.9. The Morgan fingerprint density at radius 3 is 1.34 bits per heavy atom. The molecule has 50 heavy (non-hydrogen) atoms. The zero-order valence-corrected chi connectivity index (χ0v) is 30.4. The standard InChI is InChI=1S/C44H53N3O3/c1-6-47(7-2)50-40-27-24-35(5)43(32-40)44(41-30-38(25-22-33(41)3)48-45-28-14-20-36-16-10-8-11-17-36)42-31-39(26-23-34(42)4)49-46-29-15-21-37-18-12-9-13-19-37/h8-13,16-19,22-27,30-32,44-46H,6-7,14-15,20-21,28-29H2,1-5H3. The van der Waals surface area contributed by atoms with Gasteiger partial charge >= 0.3 is 0 Å². The molecule has 0 radical (unpaired) electrons. The van der Waals surface area contributed by atoms with E-state index in [1.807, 2.05) is 17.2 Å². The van der Waals surface area contributed by atoms with Crippen molar-refractivity contribution in [2.45, 2.75) is 66.2 Å². The van der Waals surface area contributed by atoms with Crippen LogP contribution in [0.1, 0.15) is 77.1 Å². The molecule has 0 saturated heterocycles. The predicted octanol–water partition coefficient (Wildman–Crippen LogP) is 9.46. The average Bonchev–Trinajstić information content (AvgIpc) is 3.14. The van der Waals surface area contributed by atoms with Gasteiger partial charge in [-0.1, -0.05) is 78.9 Å². The van der Waals surface area contributed by atoms with Crippen LogP contribution in [0.3, 0.4) is 0 Å². The van der Waals surface area contributed by atoms with Crippen molar-refractivity contribution in [3.63, 3.8) is 0 Å². The molecule has 0 heterocycles. The zero-order valence-electron chi connectivity index (χ0n) is 30.4. The molecule has 0 bridgehead atoms. The van der Waals surface area contributed by atoms with Crippen molar-refractivity contribution >= 4 is 0 Å². The Morgan fingerprint density at radius 2 is 0.920 bits per heavy atom. The fourth-order valence-electron chi connectivity index (χ4n) is 6.26. The van der Waals surface area contributed by atoms with Crippen LogP contribution < -0.4 is 25.5 Å². The first-order valence-corrected chi connectivity index (χ1v) is 18.1. The van der Waals surface area contributed by atoms with E-state index in [2.05, 4.69) is 149 Å². The molecule has 0 unspecified atom stereocenters. The number of hydrogen-bond acceptors (Lipinski definition) is 6. The number of nitrogens with zero attached hydrogens (tertiary/aromatic N) is 1. The summed E-state index contributed by atoms with van der Waals surface area (Å²) < 4.78 is 0. The number of hydrogen-bond donors (Lipinski definition) is 2. The van der Waals surface area contributed by atoms with E-state index < -0.39 is 0 Å². The van der Waals surface area contributed by atoms with Gasteiger partial charge in [0, 0.05) is 32.1 Å². The van der Waals surface area contributed by atoms with Gasteiger partial charge in [0.15, 0.2) is 0 Å². The van der Waals surface area contributed by atoms with Gasteiger partial charge in [-0.3, -0.25) is 0 Å². The van der Waals surface area contributed by atoms with Crippen molar-refractivity contribution in [2.24, 2.45) is 0 Å². The second-order valence-electron chi connectivity index (χ2n) is 12.9. The zero-order chi connectivity index (χ0) is 35.1. The first kappa shape index (κ1) is 36.7. The van der Waals surface area contributed by atoms with Gasteiger partial charge in [0.2, 0.25) is 0 Å². The summed E-state index contributed by atoms with van der Waals surface area (Å²) in [5.41, 5.74) is 16.2. The maximum atomic E-state index is 6.32. The summed E-state index contributed by atoms with van der Waals surface area (Å²) in [5, 5.41) is 1.97. The van der Waals surface area contributed by atoms with E-state index in [9.17, 15) is 0 Å². The van der Waals surface area contributed by atoms with Gasteiger partial charge in [-0.15, -0.1) is 5.06 Å². The highest BCUT2D eigenvalue weighted by Gasteiger charge is 2.25. The Balaban J connectivity index is 1.40. The van der Waals surface area contributed by atoms with Crippen LogP contribution >= 0.6 is 0 Å². The first-order chi connectivity index (χ1) is 24.4. The summed E-state index contributed by atoms with van der Waals surface area (Å²) in [6.45, 7) is 13.9. The Bertz CT molecular complexity index is 1660. The highest BCUT2D eigenvalue weighted by molar-refractivity contribution is 5.55. The fourth-order valence-corrected chi connectivity index (χ4v) is 6.26. The topological polar surface area (TPSA) is 55.0 Å². The van der Waals surface area contributed by atoms with E-state index >= 15 is 0 Å². The minimum Gasteiger partial charge on any atom is -0.409 e. The third-order valence-electron chi connectivity index (χ3n) is 9.18. The quantitative estimate of drug-likeness (QED) is 0.0518. The highest BCUT2D eigenvalue weighted by Crippen LogP contribution is 2.41. The molecule has 262 valence electrons. The normalized spacial score (nSPS) is 11.3. The van der Waals surface area contributed by atoms with Gasteiger partial charge in [-0.05, 0) is 141 Å². The number of rotatable bonds is 19. The average molecular weight is 672 g/mol. The van der Waals surface area contributed by atoms with E-state index in [1.165, 1.54) is 44.5 Å². The predicted molar refractivity (Wildman–Crippen MR) is 205 cm³/mol. The molecule has 5 rings (SSSR count). The molecule has 0 atom stereocenters. The van der Waals surface area contributed by atoms with Crippen molar-refractivity contribution < 1.29 is 14.5 Å². The minimum absolute atomic E-state index is 0.0847. The van der Waals surface area contributed by atoms with E-state index in [1.54, 1.807) is 0 Å². The lowest BCUT2D eigenvalue weighted by atomic mass is 9.79. The van der Waals surface area contributed by atoms with Gasteiger partial charge in [0.1, 0.15) is 17.2 Å². The molecule has 0 aliphatic heterocycles. The summed E-state index contributed by atoms with van der Waals surface area (Å²) in [6, 6.07) is 40.3. The minimum atomic E-state index is -0.0847. The van der Waals surface area contributed by atoms with Crippen molar-refractivity contribution in [1.29, 1.82) is 0 Å². The van der Waals surface area contributed by atoms with Crippen LogP contribution in [0.5, 0.6) is 17.2 Å². The SMILES string of the molecule is CCN(CC)Oc1ccc(C)c(C(c2cc(ONCCCc3ccccc3)ccc2C)c2cc(ONCCCc3ccccc3)ccc2C)c1. The molecule has 0 aliphatic carbocycles.